The lowest BCUT2D eigenvalue weighted by Gasteiger charge is -2.44. The van der Waals surface area contributed by atoms with Crippen LogP contribution < -0.4 is 10.4 Å². The van der Waals surface area contributed by atoms with E-state index in [1.54, 1.807) is 0 Å². The lowest BCUT2D eigenvalue weighted by molar-refractivity contribution is 0.159. The number of hydrogen-bond acceptors (Lipinski definition) is 2. The summed E-state index contributed by atoms with van der Waals surface area (Å²) in [7, 11) is -2.46. The van der Waals surface area contributed by atoms with Crippen LogP contribution in [0.4, 0.5) is 0 Å². The minimum absolute atomic E-state index is 0.0145. The molecule has 0 saturated heterocycles. The topological polar surface area (TPSA) is 29.5 Å². The maximum absolute atomic E-state index is 9.31. The molecular weight excluding hydrogens is 300 g/mol. The SMILES string of the molecule is CC(CCO)O[Si](c1ccccc1)(c1ccccc1)C(C)(C)C. The molecule has 2 aromatic rings. The minimum Gasteiger partial charge on any atom is -0.405 e. The van der Waals surface area contributed by atoms with Gasteiger partial charge in [0.2, 0.25) is 0 Å². The molecule has 0 heterocycles. The van der Waals surface area contributed by atoms with Gasteiger partial charge in [0.15, 0.2) is 0 Å². The Morgan fingerprint density at radius 1 is 0.913 bits per heavy atom. The van der Waals surface area contributed by atoms with E-state index in [2.05, 4.69) is 76.2 Å². The quantitative estimate of drug-likeness (QED) is 0.824. The highest BCUT2D eigenvalue weighted by Crippen LogP contribution is 2.37. The van der Waals surface area contributed by atoms with Gasteiger partial charge < -0.3 is 9.53 Å². The Kier molecular flexibility index (Phi) is 5.79. The van der Waals surface area contributed by atoms with Crippen LogP contribution in [0.3, 0.4) is 0 Å². The van der Waals surface area contributed by atoms with E-state index in [1.165, 1.54) is 10.4 Å². The van der Waals surface area contributed by atoms with Gasteiger partial charge in [0.05, 0.1) is 0 Å². The number of rotatable bonds is 6. The predicted molar refractivity (Wildman–Crippen MR) is 99.9 cm³/mol. The molecule has 0 spiro atoms. The fourth-order valence-corrected chi connectivity index (χ4v) is 7.97. The summed E-state index contributed by atoms with van der Waals surface area (Å²) >= 11 is 0. The molecule has 2 aromatic carbocycles. The lowest BCUT2D eigenvalue weighted by Crippen LogP contribution is -2.67. The normalized spacial score (nSPS) is 13.8. The summed E-state index contributed by atoms with van der Waals surface area (Å²) in [6.45, 7) is 9.02. The van der Waals surface area contributed by atoms with Crippen LogP contribution in [0.2, 0.25) is 5.04 Å². The number of aliphatic hydroxyl groups is 1. The van der Waals surface area contributed by atoms with E-state index in [0.29, 0.717) is 6.42 Å². The van der Waals surface area contributed by atoms with Crippen molar-refractivity contribution >= 4 is 18.7 Å². The summed E-state index contributed by atoms with van der Waals surface area (Å²) in [5.41, 5.74) is 0. The monoisotopic (exact) mass is 328 g/mol. The van der Waals surface area contributed by atoms with Gasteiger partial charge in [0, 0.05) is 12.7 Å². The molecule has 0 aliphatic carbocycles. The number of benzene rings is 2. The molecule has 2 nitrogen and oxygen atoms in total. The highest BCUT2D eigenvalue weighted by Gasteiger charge is 2.50. The molecule has 0 fully saturated rings. The summed E-state index contributed by atoms with van der Waals surface area (Å²) in [6, 6.07) is 21.2. The molecule has 0 amide bonds. The third-order valence-electron chi connectivity index (χ3n) is 4.33. The van der Waals surface area contributed by atoms with Crippen molar-refractivity contribution in [2.45, 2.75) is 45.3 Å². The fourth-order valence-electron chi connectivity index (χ4n) is 3.23. The first-order valence-corrected chi connectivity index (χ1v) is 10.2. The van der Waals surface area contributed by atoms with E-state index < -0.39 is 8.32 Å². The van der Waals surface area contributed by atoms with E-state index in [0.717, 1.165) is 0 Å². The van der Waals surface area contributed by atoms with Crippen molar-refractivity contribution in [3.63, 3.8) is 0 Å². The molecule has 1 N–H and O–H groups in total. The number of aliphatic hydroxyl groups excluding tert-OH is 1. The Morgan fingerprint density at radius 3 is 1.70 bits per heavy atom. The zero-order valence-electron chi connectivity index (χ0n) is 14.6. The standard InChI is InChI=1S/C20H28O2Si/c1-17(15-16-21)22-23(20(2,3)4,18-11-7-5-8-12-18)19-13-9-6-10-14-19/h5-14,17,21H,15-16H2,1-4H3. The minimum atomic E-state index is -2.46. The van der Waals surface area contributed by atoms with Crippen LogP contribution >= 0.6 is 0 Å². The molecule has 1 atom stereocenters. The predicted octanol–water partition coefficient (Wildman–Crippen LogP) is 3.33. The second-order valence-electron chi connectivity index (χ2n) is 7.10. The Hall–Kier alpha value is -1.42. The molecule has 0 aromatic heterocycles. The van der Waals surface area contributed by atoms with Crippen LogP contribution in [0, 0.1) is 0 Å². The van der Waals surface area contributed by atoms with Crippen LogP contribution in [-0.2, 0) is 4.43 Å². The second-order valence-corrected chi connectivity index (χ2v) is 11.4. The zero-order chi connectivity index (χ0) is 16.9. The Labute approximate surface area is 141 Å². The van der Waals surface area contributed by atoms with Gasteiger partial charge in [-0.25, -0.2) is 0 Å². The number of hydrogen-bond donors (Lipinski definition) is 1. The smallest absolute Gasteiger partial charge is 0.261 e. The van der Waals surface area contributed by atoms with E-state index in [-0.39, 0.29) is 17.7 Å². The first-order valence-electron chi connectivity index (χ1n) is 8.31. The molecule has 0 bridgehead atoms. The van der Waals surface area contributed by atoms with Gasteiger partial charge in [-0.1, -0.05) is 81.4 Å². The van der Waals surface area contributed by atoms with Gasteiger partial charge in [-0.3, -0.25) is 0 Å². The van der Waals surface area contributed by atoms with Crippen LogP contribution in [0.25, 0.3) is 0 Å². The van der Waals surface area contributed by atoms with E-state index >= 15 is 0 Å². The average molecular weight is 329 g/mol. The molecule has 2 rings (SSSR count). The van der Waals surface area contributed by atoms with Crippen molar-refractivity contribution in [1.29, 1.82) is 0 Å². The summed E-state index contributed by atoms with van der Waals surface area (Å²) in [6.07, 6.45) is 0.677. The van der Waals surface area contributed by atoms with Crippen LogP contribution in [0.5, 0.6) is 0 Å². The van der Waals surface area contributed by atoms with Gasteiger partial charge in [-0.15, -0.1) is 0 Å². The maximum atomic E-state index is 9.31. The molecular formula is C20H28O2Si. The summed E-state index contributed by atoms with van der Waals surface area (Å²) in [4.78, 5) is 0. The third-order valence-corrected chi connectivity index (χ3v) is 9.49. The van der Waals surface area contributed by atoms with Crippen LogP contribution in [0.15, 0.2) is 60.7 Å². The fraction of sp³-hybridized carbons (Fsp3) is 0.400. The summed E-state index contributed by atoms with van der Waals surface area (Å²) < 4.78 is 6.79. The van der Waals surface area contributed by atoms with E-state index in [1.807, 2.05) is 12.1 Å². The first kappa shape index (κ1) is 17.9. The van der Waals surface area contributed by atoms with E-state index in [9.17, 15) is 5.11 Å². The van der Waals surface area contributed by atoms with Gasteiger partial charge in [0.25, 0.3) is 8.32 Å². The van der Waals surface area contributed by atoms with Crippen molar-refractivity contribution in [2.24, 2.45) is 0 Å². The van der Waals surface area contributed by atoms with Crippen LogP contribution in [0.1, 0.15) is 34.1 Å². The highest BCUT2D eigenvalue weighted by atomic mass is 28.4. The van der Waals surface area contributed by atoms with E-state index in [4.69, 9.17) is 4.43 Å². The third kappa shape index (κ3) is 3.74. The lowest BCUT2D eigenvalue weighted by atomic mass is 10.2. The summed E-state index contributed by atoms with van der Waals surface area (Å²) in [5.74, 6) is 0. The Morgan fingerprint density at radius 2 is 1.35 bits per heavy atom. The maximum Gasteiger partial charge on any atom is 0.261 e. The molecule has 1 unspecified atom stereocenters. The van der Waals surface area contributed by atoms with Gasteiger partial charge >= 0.3 is 0 Å². The Balaban J connectivity index is 2.64. The van der Waals surface area contributed by atoms with Gasteiger partial charge in [-0.05, 0) is 28.8 Å². The second kappa shape index (κ2) is 7.43. The van der Waals surface area contributed by atoms with Gasteiger partial charge in [0.1, 0.15) is 0 Å². The largest absolute Gasteiger partial charge is 0.405 e. The first-order chi connectivity index (χ1) is 10.9. The van der Waals surface area contributed by atoms with Crippen molar-refractivity contribution in [1.82, 2.24) is 0 Å². The van der Waals surface area contributed by atoms with Gasteiger partial charge in [-0.2, -0.15) is 0 Å². The average Bonchev–Trinajstić information content (AvgIpc) is 2.53. The van der Waals surface area contributed by atoms with Crippen molar-refractivity contribution in [3.05, 3.63) is 60.7 Å². The molecule has 0 radical (unpaired) electrons. The van der Waals surface area contributed by atoms with Crippen molar-refractivity contribution < 1.29 is 9.53 Å². The molecule has 0 aliphatic rings. The molecule has 23 heavy (non-hydrogen) atoms. The molecule has 124 valence electrons. The highest BCUT2D eigenvalue weighted by molar-refractivity contribution is 6.99. The molecule has 0 saturated carbocycles. The summed E-state index contributed by atoms with van der Waals surface area (Å²) in [5, 5.41) is 11.9. The Bertz CT molecular complexity index is 551. The van der Waals surface area contributed by atoms with Crippen molar-refractivity contribution in [2.75, 3.05) is 6.61 Å². The zero-order valence-corrected chi connectivity index (χ0v) is 15.6. The van der Waals surface area contributed by atoms with Crippen molar-refractivity contribution in [3.8, 4) is 0 Å². The molecule has 0 aliphatic heterocycles. The van der Waals surface area contributed by atoms with Crippen LogP contribution in [-0.4, -0.2) is 26.1 Å². The molecule has 3 heteroatoms.